The van der Waals surface area contributed by atoms with E-state index >= 15 is 0 Å². The van der Waals surface area contributed by atoms with Crippen molar-refractivity contribution in [2.24, 2.45) is 0 Å². The normalized spacial score (nSPS) is 18.8. The molecule has 234 valence electrons. The maximum absolute atomic E-state index is 10.9. The molecule has 1 aliphatic carbocycles. The van der Waals surface area contributed by atoms with Gasteiger partial charge in [-0.3, -0.25) is 4.90 Å². The lowest BCUT2D eigenvalue weighted by molar-refractivity contribution is 0.0511. The smallest absolute Gasteiger partial charge is 0.159 e. The Kier molecular flexibility index (Phi) is 13.1. The first-order valence-corrected chi connectivity index (χ1v) is 16.3. The Morgan fingerprint density at radius 1 is 1.02 bits per heavy atom. The van der Waals surface area contributed by atoms with Crippen molar-refractivity contribution in [3.63, 3.8) is 0 Å². The van der Waals surface area contributed by atoms with E-state index in [9.17, 15) is 5.11 Å². The van der Waals surface area contributed by atoms with Crippen molar-refractivity contribution in [1.29, 1.82) is 0 Å². The molecule has 1 saturated carbocycles. The summed E-state index contributed by atoms with van der Waals surface area (Å²) in [4.78, 5) is 4.96. The van der Waals surface area contributed by atoms with Crippen molar-refractivity contribution >= 4 is 17.8 Å². The van der Waals surface area contributed by atoms with Gasteiger partial charge in [-0.2, -0.15) is 0 Å². The van der Waals surface area contributed by atoms with Gasteiger partial charge in [0.25, 0.3) is 0 Å². The van der Waals surface area contributed by atoms with Crippen LogP contribution in [0.4, 0.5) is 5.69 Å². The van der Waals surface area contributed by atoms with Crippen LogP contribution in [0.15, 0.2) is 59.1 Å². The quantitative estimate of drug-likeness (QED) is 0.256. The number of nitrogens with one attached hydrogen (secondary N) is 1. The molecule has 43 heavy (non-hydrogen) atoms. The number of aliphatic hydroxyl groups is 1. The van der Waals surface area contributed by atoms with Crippen molar-refractivity contribution in [1.82, 2.24) is 15.4 Å². The summed E-state index contributed by atoms with van der Waals surface area (Å²) in [5.41, 5.74) is 4.74. The highest BCUT2D eigenvalue weighted by Crippen LogP contribution is 2.38. The number of piperazine rings is 1. The van der Waals surface area contributed by atoms with E-state index in [4.69, 9.17) is 9.26 Å². The second-order valence-corrected chi connectivity index (χ2v) is 11.8. The van der Waals surface area contributed by atoms with Crippen molar-refractivity contribution in [2.45, 2.75) is 77.9 Å². The van der Waals surface area contributed by atoms with Gasteiger partial charge in [0.1, 0.15) is 18.5 Å². The number of β-amino-alcohol motifs (C(OH)–C–C–N with tert-alkyl or cyclic N) is 1. The molecule has 2 aromatic carbocycles. The van der Waals surface area contributed by atoms with E-state index in [-0.39, 0.29) is 6.61 Å². The monoisotopic (exact) mass is 588 g/mol. The molecular weight excluding hydrogens is 536 g/mol. The van der Waals surface area contributed by atoms with Gasteiger partial charge >= 0.3 is 0 Å². The fourth-order valence-corrected chi connectivity index (χ4v) is 6.16. The molecule has 0 bridgehead atoms. The van der Waals surface area contributed by atoms with Gasteiger partial charge < -0.3 is 24.6 Å². The molecule has 1 aliphatic heterocycles. The summed E-state index contributed by atoms with van der Waals surface area (Å²) in [6, 6.07) is 19.1. The standard InChI is InChI=1S/C32H41N3O3.C4H11N/c1-24-20-29(38-33-24)17-16-27-12-6-9-15-32(27)37-23-28(36)22-34-18-19-35(21-25(34)2)31-14-8-7-13-30(31)26-10-4-3-5-11-26;1-3-5-4-2/h6-9,12-17,20,25-26,28,36H,3-5,10-11,18-19,21-23H2,1-2H3;5H,3-4H2,1-2H3. The SMILES string of the molecule is CCNCC.Cc1cc(C=Cc2ccccc2OCC(O)CN2CCN(c3ccccc3C3CCCCC3)CC2C)on1. The maximum atomic E-state index is 10.9. The Morgan fingerprint density at radius 2 is 1.77 bits per heavy atom. The van der Waals surface area contributed by atoms with Gasteiger partial charge in [0.15, 0.2) is 5.76 Å². The molecule has 1 saturated heterocycles. The summed E-state index contributed by atoms with van der Waals surface area (Å²) in [6.45, 7) is 14.3. The minimum atomic E-state index is -0.563. The van der Waals surface area contributed by atoms with Crippen molar-refractivity contribution < 1.29 is 14.4 Å². The zero-order chi connectivity index (χ0) is 30.4. The molecule has 7 heteroatoms. The molecule has 0 amide bonds. The summed E-state index contributed by atoms with van der Waals surface area (Å²) in [5.74, 6) is 2.15. The van der Waals surface area contributed by atoms with Crippen LogP contribution in [0.2, 0.25) is 0 Å². The Morgan fingerprint density at radius 3 is 2.47 bits per heavy atom. The van der Waals surface area contributed by atoms with Crippen LogP contribution in [0.3, 0.4) is 0 Å². The van der Waals surface area contributed by atoms with E-state index in [1.165, 1.54) is 43.4 Å². The van der Waals surface area contributed by atoms with Gasteiger partial charge in [-0.05, 0) is 75.5 Å². The van der Waals surface area contributed by atoms with Crippen molar-refractivity contribution in [3.05, 3.63) is 77.2 Å². The second kappa shape index (κ2) is 17.2. The van der Waals surface area contributed by atoms with Crippen LogP contribution in [-0.2, 0) is 0 Å². The lowest BCUT2D eigenvalue weighted by Crippen LogP contribution is -2.54. The summed E-state index contributed by atoms with van der Waals surface area (Å²) in [7, 11) is 0. The number of anilines is 1. The first-order chi connectivity index (χ1) is 21.0. The van der Waals surface area contributed by atoms with Gasteiger partial charge in [0.05, 0.1) is 5.69 Å². The number of para-hydroxylation sites is 2. The molecule has 2 fully saturated rings. The van der Waals surface area contributed by atoms with Gasteiger partial charge in [0.2, 0.25) is 0 Å². The zero-order valence-electron chi connectivity index (χ0n) is 26.7. The third kappa shape index (κ3) is 9.95. The van der Waals surface area contributed by atoms with Crippen molar-refractivity contribution in [3.8, 4) is 5.75 Å². The van der Waals surface area contributed by atoms with Crippen LogP contribution in [0.5, 0.6) is 5.75 Å². The van der Waals surface area contributed by atoms with E-state index in [2.05, 4.69) is 65.3 Å². The topological polar surface area (TPSA) is 74.0 Å². The van der Waals surface area contributed by atoms with E-state index in [0.717, 1.165) is 49.7 Å². The molecule has 0 spiro atoms. The van der Waals surface area contributed by atoms with Crippen LogP contribution >= 0.6 is 0 Å². The predicted molar refractivity (Wildman–Crippen MR) is 178 cm³/mol. The van der Waals surface area contributed by atoms with Gasteiger partial charge in [0, 0.05) is 49.5 Å². The number of ether oxygens (including phenoxy) is 1. The molecular formula is C36H52N4O3. The molecule has 2 heterocycles. The molecule has 1 aromatic heterocycles. The first kappa shape index (κ1) is 32.8. The summed E-state index contributed by atoms with van der Waals surface area (Å²) < 4.78 is 11.3. The summed E-state index contributed by atoms with van der Waals surface area (Å²) in [6.07, 6.45) is 9.99. The molecule has 5 rings (SSSR count). The average molecular weight is 589 g/mol. The van der Waals surface area contributed by atoms with E-state index in [0.29, 0.717) is 24.3 Å². The predicted octanol–water partition coefficient (Wildman–Crippen LogP) is 6.77. The second-order valence-electron chi connectivity index (χ2n) is 11.8. The lowest BCUT2D eigenvalue weighted by atomic mass is 9.83. The lowest BCUT2D eigenvalue weighted by Gasteiger charge is -2.43. The number of benzene rings is 2. The number of rotatable bonds is 11. The Bertz CT molecular complexity index is 1250. The number of aliphatic hydroxyl groups excluding tert-OH is 1. The highest BCUT2D eigenvalue weighted by Gasteiger charge is 2.28. The fraction of sp³-hybridized carbons (Fsp3) is 0.528. The molecule has 2 N–H and O–H groups in total. The molecule has 2 atom stereocenters. The molecule has 0 radical (unpaired) electrons. The van der Waals surface area contributed by atoms with Crippen LogP contribution in [0.1, 0.15) is 81.4 Å². The molecule has 3 aromatic rings. The van der Waals surface area contributed by atoms with Crippen LogP contribution in [-0.4, -0.2) is 73.2 Å². The van der Waals surface area contributed by atoms with E-state index < -0.39 is 6.10 Å². The number of hydrogen-bond donors (Lipinski definition) is 2. The number of aryl methyl sites for hydroxylation is 1. The molecule has 2 aliphatic rings. The zero-order valence-corrected chi connectivity index (χ0v) is 26.7. The molecule has 7 nitrogen and oxygen atoms in total. The minimum Gasteiger partial charge on any atom is -0.490 e. The summed E-state index contributed by atoms with van der Waals surface area (Å²) >= 11 is 0. The number of aromatic nitrogens is 1. The minimum absolute atomic E-state index is 0.254. The van der Waals surface area contributed by atoms with E-state index in [1.54, 1.807) is 0 Å². The Hall–Kier alpha value is -3.13. The highest BCUT2D eigenvalue weighted by atomic mass is 16.5. The van der Waals surface area contributed by atoms with Crippen molar-refractivity contribution in [2.75, 3.05) is 50.8 Å². The maximum Gasteiger partial charge on any atom is 0.159 e. The number of hydrogen-bond acceptors (Lipinski definition) is 7. The van der Waals surface area contributed by atoms with Crippen LogP contribution in [0, 0.1) is 6.92 Å². The average Bonchev–Trinajstić information content (AvgIpc) is 3.46. The molecule has 2 unspecified atom stereocenters. The van der Waals surface area contributed by atoms with Crippen LogP contribution < -0.4 is 15.0 Å². The highest BCUT2D eigenvalue weighted by molar-refractivity contribution is 5.70. The van der Waals surface area contributed by atoms with Gasteiger partial charge in [-0.15, -0.1) is 0 Å². The van der Waals surface area contributed by atoms with Crippen LogP contribution in [0.25, 0.3) is 12.2 Å². The van der Waals surface area contributed by atoms with Gasteiger partial charge in [-0.1, -0.05) is 74.7 Å². The largest absolute Gasteiger partial charge is 0.490 e. The summed E-state index contributed by atoms with van der Waals surface area (Å²) in [5, 5.41) is 17.9. The third-order valence-corrected chi connectivity index (χ3v) is 8.46. The Balaban J connectivity index is 0.000000782. The first-order valence-electron chi connectivity index (χ1n) is 16.3. The van der Waals surface area contributed by atoms with E-state index in [1.807, 2.05) is 49.4 Å². The number of nitrogens with zero attached hydrogens (tertiary/aromatic N) is 3. The third-order valence-electron chi connectivity index (χ3n) is 8.46. The Labute approximate surface area is 258 Å². The fourth-order valence-electron chi connectivity index (χ4n) is 6.16. The van der Waals surface area contributed by atoms with Gasteiger partial charge in [-0.25, -0.2) is 0 Å².